The lowest BCUT2D eigenvalue weighted by Crippen LogP contribution is -2.15. The van der Waals surface area contributed by atoms with Crippen molar-refractivity contribution in [3.8, 4) is 0 Å². The number of H-pyrrole nitrogens is 2. The van der Waals surface area contributed by atoms with Crippen molar-refractivity contribution < 1.29 is 4.79 Å². The van der Waals surface area contributed by atoms with Gasteiger partial charge in [0.05, 0.1) is 23.5 Å². The molecule has 6 heteroatoms. The number of carbonyl (C=O) groups is 1. The summed E-state index contributed by atoms with van der Waals surface area (Å²) in [4.78, 5) is 11.7. The van der Waals surface area contributed by atoms with Crippen LogP contribution >= 0.6 is 0 Å². The Morgan fingerprint density at radius 3 is 2.81 bits per heavy atom. The van der Waals surface area contributed by atoms with Gasteiger partial charge in [-0.25, -0.2) is 0 Å². The zero-order valence-electron chi connectivity index (χ0n) is 9.16. The SMILES string of the molecule is Cc1n[nH]c(C)c1NC(=O)Cc1ccn[nH]1. The fraction of sp³-hybridized carbons (Fsp3) is 0.300. The maximum absolute atomic E-state index is 11.7. The zero-order chi connectivity index (χ0) is 11.5. The second-order valence-corrected chi connectivity index (χ2v) is 3.62. The van der Waals surface area contributed by atoms with Crippen molar-refractivity contribution in [1.82, 2.24) is 20.4 Å². The first kappa shape index (κ1) is 10.4. The number of aryl methyl sites for hydroxylation is 2. The summed E-state index contributed by atoms with van der Waals surface area (Å²) in [5.74, 6) is -0.0862. The zero-order valence-corrected chi connectivity index (χ0v) is 9.16. The van der Waals surface area contributed by atoms with Crippen molar-refractivity contribution in [3.05, 3.63) is 29.3 Å². The minimum Gasteiger partial charge on any atom is -0.323 e. The molecule has 2 aromatic rings. The Kier molecular flexibility index (Phi) is 2.72. The molecule has 0 bridgehead atoms. The highest BCUT2D eigenvalue weighted by atomic mass is 16.1. The van der Waals surface area contributed by atoms with Gasteiger partial charge < -0.3 is 5.32 Å². The van der Waals surface area contributed by atoms with E-state index in [4.69, 9.17) is 0 Å². The van der Waals surface area contributed by atoms with Gasteiger partial charge in [-0.05, 0) is 19.9 Å². The van der Waals surface area contributed by atoms with Crippen molar-refractivity contribution in [2.75, 3.05) is 5.32 Å². The molecule has 0 atom stereocenters. The fourth-order valence-corrected chi connectivity index (χ4v) is 1.47. The molecule has 1 amide bonds. The summed E-state index contributed by atoms with van der Waals surface area (Å²) in [7, 11) is 0. The molecule has 0 aliphatic rings. The average Bonchev–Trinajstić information content (AvgIpc) is 2.83. The first-order valence-corrected chi connectivity index (χ1v) is 4.96. The maximum atomic E-state index is 11.7. The molecule has 2 rings (SSSR count). The number of nitrogens with one attached hydrogen (secondary N) is 3. The van der Waals surface area contributed by atoms with E-state index in [0.29, 0.717) is 0 Å². The van der Waals surface area contributed by atoms with E-state index < -0.39 is 0 Å². The molecule has 0 fully saturated rings. The van der Waals surface area contributed by atoms with Crippen LogP contribution in [-0.2, 0) is 11.2 Å². The number of hydrogen-bond acceptors (Lipinski definition) is 3. The first-order chi connectivity index (χ1) is 7.66. The number of anilines is 1. The van der Waals surface area contributed by atoms with Crippen LogP contribution in [0.15, 0.2) is 12.3 Å². The lowest BCUT2D eigenvalue weighted by atomic mass is 10.2. The van der Waals surface area contributed by atoms with Gasteiger partial charge in [-0.1, -0.05) is 0 Å². The second kappa shape index (κ2) is 4.18. The average molecular weight is 219 g/mol. The van der Waals surface area contributed by atoms with Crippen molar-refractivity contribution in [1.29, 1.82) is 0 Å². The van der Waals surface area contributed by atoms with Crippen molar-refractivity contribution in [2.45, 2.75) is 20.3 Å². The Morgan fingerprint density at radius 1 is 1.44 bits per heavy atom. The quantitative estimate of drug-likeness (QED) is 0.717. The van der Waals surface area contributed by atoms with Crippen LogP contribution in [0.1, 0.15) is 17.1 Å². The Morgan fingerprint density at radius 2 is 2.25 bits per heavy atom. The molecule has 0 aliphatic carbocycles. The van der Waals surface area contributed by atoms with Gasteiger partial charge in [0.1, 0.15) is 0 Å². The van der Waals surface area contributed by atoms with Gasteiger partial charge in [-0.2, -0.15) is 10.2 Å². The van der Waals surface area contributed by atoms with E-state index in [9.17, 15) is 4.79 Å². The predicted octanol–water partition coefficient (Wildman–Crippen LogP) is 0.931. The van der Waals surface area contributed by atoms with Crippen LogP contribution in [-0.4, -0.2) is 26.3 Å². The van der Waals surface area contributed by atoms with Gasteiger partial charge in [0.2, 0.25) is 5.91 Å². The van der Waals surface area contributed by atoms with Crippen LogP contribution in [0, 0.1) is 13.8 Å². The number of carbonyl (C=O) groups excluding carboxylic acids is 1. The van der Waals surface area contributed by atoms with Gasteiger partial charge in [0.15, 0.2) is 0 Å². The van der Waals surface area contributed by atoms with Crippen LogP contribution in [0.25, 0.3) is 0 Å². The van der Waals surface area contributed by atoms with E-state index >= 15 is 0 Å². The van der Waals surface area contributed by atoms with E-state index in [1.807, 2.05) is 13.8 Å². The van der Waals surface area contributed by atoms with E-state index in [2.05, 4.69) is 25.7 Å². The smallest absolute Gasteiger partial charge is 0.230 e. The molecule has 0 spiro atoms. The molecule has 0 aliphatic heterocycles. The molecule has 16 heavy (non-hydrogen) atoms. The lowest BCUT2D eigenvalue weighted by Gasteiger charge is -2.03. The van der Waals surface area contributed by atoms with Gasteiger partial charge >= 0.3 is 0 Å². The summed E-state index contributed by atoms with van der Waals surface area (Å²) >= 11 is 0. The molecule has 0 saturated carbocycles. The minimum atomic E-state index is -0.0862. The summed E-state index contributed by atoms with van der Waals surface area (Å²) in [5, 5.41) is 16.2. The van der Waals surface area contributed by atoms with Crippen LogP contribution in [0.4, 0.5) is 5.69 Å². The molecular formula is C10H13N5O. The largest absolute Gasteiger partial charge is 0.323 e. The molecule has 6 nitrogen and oxygen atoms in total. The molecule has 2 aromatic heterocycles. The van der Waals surface area contributed by atoms with Gasteiger partial charge in [-0.15, -0.1) is 0 Å². The molecule has 0 saturated heterocycles. The Balaban J connectivity index is 2.03. The summed E-state index contributed by atoms with van der Waals surface area (Å²) in [6, 6.07) is 1.77. The minimum absolute atomic E-state index is 0.0862. The number of aromatic nitrogens is 4. The number of aromatic amines is 2. The highest BCUT2D eigenvalue weighted by molar-refractivity contribution is 5.93. The Bertz CT molecular complexity index is 466. The van der Waals surface area contributed by atoms with Crippen LogP contribution in [0.5, 0.6) is 0 Å². The summed E-state index contributed by atoms with van der Waals surface area (Å²) < 4.78 is 0. The number of nitrogens with zero attached hydrogens (tertiary/aromatic N) is 2. The molecule has 84 valence electrons. The third kappa shape index (κ3) is 2.10. The van der Waals surface area contributed by atoms with E-state index in [0.717, 1.165) is 22.8 Å². The van der Waals surface area contributed by atoms with Crippen LogP contribution < -0.4 is 5.32 Å². The summed E-state index contributed by atoms with van der Waals surface area (Å²) in [5.41, 5.74) is 3.19. The van der Waals surface area contributed by atoms with Crippen LogP contribution in [0.2, 0.25) is 0 Å². The van der Waals surface area contributed by atoms with Crippen molar-refractivity contribution in [2.24, 2.45) is 0 Å². The Hall–Kier alpha value is -2.11. The summed E-state index contributed by atoms with van der Waals surface area (Å²) in [6.45, 7) is 3.71. The standard InChI is InChI=1S/C10H13N5O/c1-6-10(7(2)14-13-6)12-9(16)5-8-3-4-11-15-8/h3-4H,5H2,1-2H3,(H,11,15)(H,12,16)(H,13,14). The fourth-order valence-electron chi connectivity index (χ4n) is 1.47. The highest BCUT2D eigenvalue weighted by Gasteiger charge is 2.10. The van der Waals surface area contributed by atoms with E-state index in [-0.39, 0.29) is 12.3 Å². The lowest BCUT2D eigenvalue weighted by molar-refractivity contribution is -0.115. The topological polar surface area (TPSA) is 86.5 Å². The Labute approximate surface area is 92.5 Å². The van der Waals surface area contributed by atoms with Gasteiger partial charge in [0, 0.05) is 11.9 Å². The monoisotopic (exact) mass is 219 g/mol. The normalized spacial score (nSPS) is 10.4. The van der Waals surface area contributed by atoms with Crippen molar-refractivity contribution in [3.63, 3.8) is 0 Å². The maximum Gasteiger partial charge on any atom is 0.230 e. The highest BCUT2D eigenvalue weighted by Crippen LogP contribution is 2.16. The third-order valence-electron chi connectivity index (χ3n) is 2.30. The third-order valence-corrected chi connectivity index (χ3v) is 2.30. The molecule has 0 unspecified atom stereocenters. The molecule has 2 heterocycles. The summed E-state index contributed by atoms with van der Waals surface area (Å²) in [6.07, 6.45) is 1.90. The number of hydrogen-bond donors (Lipinski definition) is 3. The second-order valence-electron chi connectivity index (χ2n) is 3.62. The van der Waals surface area contributed by atoms with Gasteiger partial charge in [0.25, 0.3) is 0 Å². The molecule has 0 aromatic carbocycles. The van der Waals surface area contributed by atoms with Crippen LogP contribution in [0.3, 0.4) is 0 Å². The number of amides is 1. The molecular weight excluding hydrogens is 206 g/mol. The van der Waals surface area contributed by atoms with Crippen molar-refractivity contribution >= 4 is 11.6 Å². The molecule has 3 N–H and O–H groups in total. The van der Waals surface area contributed by atoms with E-state index in [1.165, 1.54) is 0 Å². The van der Waals surface area contributed by atoms with E-state index in [1.54, 1.807) is 12.3 Å². The number of rotatable bonds is 3. The molecule has 0 radical (unpaired) electrons. The van der Waals surface area contributed by atoms with Gasteiger partial charge in [-0.3, -0.25) is 15.0 Å². The predicted molar refractivity (Wildman–Crippen MR) is 59.0 cm³/mol. The first-order valence-electron chi connectivity index (χ1n) is 4.96.